The molecule has 1 heterocycles. The van der Waals surface area contributed by atoms with E-state index in [4.69, 9.17) is 5.73 Å². The standard InChI is InChI=1S/C15H19F3N2/c1-9(2)20-13-5-4-12(15(16,17)18)6-11(13)7-14(20)10(3)8-19/h4-7,9-10H,8,19H2,1-3H3. The van der Waals surface area contributed by atoms with Gasteiger partial charge in [0.25, 0.3) is 0 Å². The Morgan fingerprint density at radius 2 is 1.80 bits per heavy atom. The second kappa shape index (κ2) is 5.13. The first-order chi connectivity index (χ1) is 9.25. The van der Waals surface area contributed by atoms with Gasteiger partial charge in [0.15, 0.2) is 0 Å². The fourth-order valence-corrected chi connectivity index (χ4v) is 2.51. The Morgan fingerprint density at radius 3 is 2.30 bits per heavy atom. The highest BCUT2D eigenvalue weighted by atomic mass is 19.4. The molecule has 0 fully saturated rings. The van der Waals surface area contributed by atoms with E-state index in [0.717, 1.165) is 17.3 Å². The summed E-state index contributed by atoms with van der Waals surface area (Å²) in [6, 6.07) is 5.89. The van der Waals surface area contributed by atoms with Crippen molar-refractivity contribution in [2.24, 2.45) is 5.73 Å². The van der Waals surface area contributed by atoms with Crippen molar-refractivity contribution >= 4 is 10.9 Å². The molecule has 0 aliphatic rings. The topological polar surface area (TPSA) is 30.9 Å². The summed E-state index contributed by atoms with van der Waals surface area (Å²) in [6.45, 7) is 6.49. The van der Waals surface area contributed by atoms with E-state index in [-0.39, 0.29) is 12.0 Å². The third-order valence-corrected chi connectivity index (χ3v) is 3.57. The minimum Gasteiger partial charge on any atom is -0.342 e. The highest BCUT2D eigenvalue weighted by molar-refractivity contribution is 5.82. The minimum atomic E-state index is -4.31. The first kappa shape index (κ1) is 14.9. The molecule has 1 atom stereocenters. The lowest BCUT2D eigenvalue weighted by Crippen LogP contribution is -2.14. The minimum absolute atomic E-state index is 0.110. The Kier molecular flexibility index (Phi) is 3.82. The molecule has 1 unspecified atom stereocenters. The van der Waals surface area contributed by atoms with Crippen LogP contribution in [0, 0.1) is 0 Å². The van der Waals surface area contributed by atoms with Gasteiger partial charge in [0, 0.05) is 35.1 Å². The van der Waals surface area contributed by atoms with E-state index in [1.54, 1.807) is 6.07 Å². The molecule has 0 saturated carbocycles. The second-order valence-corrected chi connectivity index (χ2v) is 5.44. The van der Waals surface area contributed by atoms with Crippen molar-refractivity contribution in [1.82, 2.24) is 4.57 Å². The Labute approximate surface area is 116 Å². The summed E-state index contributed by atoms with van der Waals surface area (Å²) in [4.78, 5) is 0. The number of halogens is 3. The molecular formula is C15H19F3N2. The smallest absolute Gasteiger partial charge is 0.342 e. The van der Waals surface area contributed by atoms with Crippen LogP contribution in [0.4, 0.5) is 13.2 Å². The summed E-state index contributed by atoms with van der Waals surface area (Å²) in [5.74, 6) is 0.110. The van der Waals surface area contributed by atoms with Gasteiger partial charge in [0.1, 0.15) is 0 Å². The first-order valence-corrected chi connectivity index (χ1v) is 6.67. The van der Waals surface area contributed by atoms with Gasteiger partial charge in [-0.05, 0) is 38.1 Å². The van der Waals surface area contributed by atoms with Crippen LogP contribution in [0.5, 0.6) is 0 Å². The third-order valence-electron chi connectivity index (χ3n) is 3.57. The van der Waals surface area contributed by atoms with E-state index >= 15 is 0 Å². The summed E-state index contributed by atoms with van der Waals surface area (Å²) in [7, 11) is 0. The molecule has 0 amide bonds. The molecular weight excluding hydrogens is 265 g/mol. The summed E-state index contributed by atoms with van der Waals surface area (Å²) < 4.78 is 40.4. The zero-order valence-corrected chi connectivity index (χ0v) is 11.8. The fourth-order valence-electron chi connectivity index (χ4n) is 2.51. The summed E-state index contributed by atoms with van der Waals surface area (Å²) in [5, 5.41) is 0.615. The summed E-state index contributed by atoms with van der Waals surface area (Å²) in [6.07, 6.45) is -4.31. The van der Waals surface area contributed by atoms with Gasteiger partial charge in [0.05, 0.1) is 5.56 Å². The lowest BCUT2D eigenvalue weighted by atomic mass is 10.1. The Balaban J connectivity index is 2.67. The van der Waals surface area contributed by atoms with E-state index in [1.807, 2.05) is 26.8 Å². The van der Waals surface area contributed by atoms with Crippen LogP contribution in [0.25, 0.3) is 10.9 Å². The number of nitrogens with zero attached hydrogens (tertiary/aromatic N) is 1. The predicted octanol–water partition coefficient (Wildman–Crippen LogP) is 4.30. The number of hydrogen-bond donors (Lipinski definition) is 1. The van der Waals surface area contributed by atoms with Crippen LogP contribution in [0.15, 0.2) is 24.3 Å². The number of aromatic nitrogens is 1. The van der Waals surface area contributed by atoms with Crippen LogP contribution in [0.3, 0.4) is 0 Å². The van der Waals surface area contributed by atoms with E-state index in [0.29, 0.717) is 11.9 Å². The molecule has 0 spiro atoms. The largest absolute Gasteiger partial charge is 0.416 e. The van der Waals surface area contributed by atoms with Gasteiger partial charge in [-0.3, -0.25) is 0 Å². The highest BCUT2D eigenvalue weighted by Gasteiger charge is 2.31. The maximum Gasteiger partial charge on any atom is 0.416 e. The number of fused-ring (bicyclic) bond motifs is 1. The van der Waals surface area contributed by atoms with Crippen LogP contribution in [-0.4, -0.2) is 11.1 Å². The molecule has 0 bridgehead atoms. The predicted molar refractivity (Wildman–Crippen MR) is 74.8 cm³/mol. The number of alkyl halides is 3. The van der Waals surface area contributed by atoms with Crippen LogP contribution in [0.1, 0.15) is 44.0 Å². The zero-order valence-electron chi connectivity index (χ0n) is 11.8. The van der Waals surface area contributed by atoms with Gasteiger partial charge in [-0.1, -0.05) is 6.92 Å². The van der Waals surface area contributed by atoms with Crippen molar-refractivity contribution in [1.29, 1.82) is 0 Å². The number of rotatable bonds is 3. The molecule has 5 heteroatoms. The lowest BCUT2D eigenvalue weighted by molar-refractivity contribution is -0.137. The Hall–Kier alpha value is -1.49. The van der Waals surface area contributed by atoms with Crippen LogP contribution in [-0.2, 0) is 6.18 Å². The number of benzene rings is 1. The maximum absolute atomic E-state index is 12.8. The second-order valence-electron chi connectivity index (χ2n) is 5.44. The quantitative estimate of drug-likeness (QED) is 0.895. The number of nitrogens with two attached hydrogens (primary N) is 1. The normalized spacial score (nSPS) is 14.2. The molecule has 2 rings (SSSR count). The monoisotopic (exact) mass is 284 g/mol. The van der Waals surface area contributed by atoms with Crippen molar-refractivity contribution < 1.29 is 13.2 Å². The molecule has 0 aliphatic heterocycles. The van der Waals surface area contributed by atoms with Crippen molar-refractivity contribution in [3.8, 4) is 0 Å². The van der Waals surface area contributed by atoms with Crippen molar-refractivity contribution in [3.05, 3.63) is 35.5 Å². The number of hydrogen-bond acceptors (Lipinski definition) is 1. The zero-order chi connectivity index (χ0) is 15.1. The van der Waals surface area contributed by atoms with Gasteiger partial charge in [-0.15, -0.1) is 0 Å². The van der Waals surface area contributed by atoms with E-state index in [1.165, 1.54) is 6.07 Å². The maximum atomic E-state index is 12.8. The van der Waals surface area contributed by atoms with Gasteiger partial charge >= 0.3 is 6.18 Å². The van der Waals surface area contributed by atoms with Gasteiger partial charge in [-0.2, -0.15) is 13.2 Å². The Morgan fingerprint density at radius 1 is 1.15 bits per heavy atom. The molecule has 0 saturated heterocycles. The van der Waals surface area contributed by atoms with Gasteiger partial charge in [-0.25, -0.2) is 0 Å². The fraction of sp³-hybridized carbons (Fsp3) is 0.467. The van der Waals surface area contributed by atoms with Crippen LogP contribution >= 0.6 is 0 Å². The van der Waals surface area contributed by atoms with E-state index in [2.05, 4.69) is 4.57 Å². The summed E-state index contributed by atoms with van der Waals surface area (Å²) in [5.41, 5.74) is 6.89. The molecule has 2 N–H and O–H groups in total. The molecule has 0 radical (unpaired) electrons. The SMILES string of the molecule is CC(CN)c1cc2cc(C(F)(F)F)ccc2n1C(C)C. The first-order valence-electron chi connectivity index (χ1n) is 6.67. The molecule has 0 aliphatic carbocycles. The Bertz CT molecular complexity index is 611. The lowest BCUT2D eigenvalue weighted by Gasteiger charge is -2.18. The van der Waals surface area contributed by atoms with Crippen molar-refractivity contribution in [2.75, 3.05) is 6.54 Å². The average molecular weight is 284 g/mol. The third kappa shape index (κ3) is 2.54. The van der Waals surface area contributed by atoms with Crippen LogP contribution < -0.4 is 5.73 Å². The molecule has 2 aromatic rings. The van der Waals surface area contributed by atoms with Crippen LogP contribution in [0.2, 0.25) is 0 Å². The molecule has 110 valence electrons. The van der Waals surface area contributed by atoms with Gasteiger partial charge in [0.2, 0.25) is 0 Å². The van der Waals surface area contributed by atoms with Gasteiger partial charge < -0.3 is 10.3 Å². The molecule has 2 nitrogen and oxygen atoms in total. The van der Waals surface area contributed by atoms with E-state index in [9.17, 15) is 13.2 Å². The van der Waals surface area contributed by atoms with Crippen molar-refractivity contribution in [2.45, 2.75) is 38.9 Å². The van der Waals surface area contributed by atoms with E-state index < -0.39 is 11.7 Å². The molecule has 1 aromatic carbocycles. The highest BCUT2D eigenvalue weighted by Crippen LogP contribution is 2.34. The average Bonchev–Trinajstić information content (AvgIpc) is 2.74. The molecule has 1 aromatic heterocycles. The summed E-state index contributed by atoms with van der Waals surface area (Å²) >= 11 is 0. The van der Waals surface area contributed by atoms with Crippen molar-refractivity contribution in [3.63, 3.8) is 0 Å². The molecule has 20 heavy (non-hydrogen) atoms.